The molecule has 0 saturated heterocycles. The highest BCUT2D eigenvalue weighted by atomic mass is 35.5. The normalized spacial score (nSPS) is 11.7. The summed E-state index contributed by atoms with van der Waals surface area (Å²) in [6, 6.07) is 0. The second kappa shape index (κ2) is 4.29. The number of anilines is 1. The van der Waals surface area contributed by atoms with Gasteiger partial charge in [0, 0.05) is 10.9 Å². The first-order chi connectivity index (χ1) is 6.03. The fourth-order valence-corrected chi connectivity index (χ4v) is 2.30. The maximum Gasteiger partial charge on any atom is 0.184 e. The van der Waals surface area contributed by atoms with Gasteiger partial charge in [-0.15, -0.1) is 11.3 Å². The molecule has 0 aromatic carbocycles. The Morgan fingerprint density at radius 2 is 2.31 bits per heavy atom. The van der Waals surface area contributed by atoms with E-state index in [1.54, 1.807) is 11.3 Å². The molecule has 2 nitrogen and oxygen atoms in total. The van der Waals surface area contributed by atoms with Gasteiger partial charge in [-0.25, -0.2) is 4.98 Å². The van der Waals surface area contributed by atoms with Crippen LogP contribution in [-0.4, -0.2) is 10.5 Å². The van der Waals surface area contributed by atoms with Crippen LogP contribution in [0.2, 0.25) is 5.15 Å². The smallest absolute Gasteiger partial charge is 0.184 e. The van der Waals surface area contributed by atoms with Gasteiger partial charge in [-0.3, -0.25) is 0 Å². The predicted octanol–water partition coefficient (Wildman–Crippen LogP) is 3.79. The van der Waals surface area contributed by atoms with Gasteiger partial charge in [-0.1, -0.05) is 24.9 Å². The summed E-state index contributed by atoms with van der Waals surface area (Å²) in [5.41, 5.74) is 0.107. The Morgan fingerprint density at radius 1 is 1.62 bits per heavy atom. The molecule has 0 saturated carbocycles. The molecule has 0 bridgehead atoms. The summed E-state index contributed by atoms with van der Waals surface area (Å²) in [5.74, 6) is 0. The quantitative estimate of drug-likeness (QED) is 0.832. The van der Waals surface area contributed by atoms with E-state index in [0.29, 0.717) is 5.15 Å². The second-order valence-electron chi connectivity index (χ2n) is 3.73. The Hall–Kier alpha value is -0.280. The number of hydrogen-bond donors (Lipinski definition) is 1. The van der Waals surface area contributed by atoms with Crippen LogP contribution >= 0.6 is 22.9 Å². The first kappa shape index (κ1) is 10.8. The lowest BCUT2D eigenvalue weighted by atomic mass is 10.00. The molecule has 74 valence electrons. The molecule has 0 fully saturated rings. The molecule has 0 aliphatic heterocycles. The molecular formula is C9H15ClN2S. The summed E-state index contributed by atoms with van der Waals surface area (Å²) < 4.78 is 0. The zero-order valence-corrected chi connectivity index (χ0v) is 9.80. The summed E-state index contributed by atoms with van der Waals surface area (Å²) in [6.45, 7) is 6.52. The van der Waals surface area contributed by atoms with Crippen molar-refractivity contribution in [1.29, 1.82) is 0 Å². The van der Waals surface area contributed by atoms with Gasteiger partial charge >= 0.3 is 0 Å². The molecule has 13 heavy (non-hydrogen) atoms. The van der Waals surface area contributed by atoms with E-state index in [2.05, 4.69) is 31.1 Å². The lowest BCUT2D eigenvalue weighted by Crippen LogP contribution is -2.30. The van der Waals surface area contributed by atoms with Gasteiger partial charge in [0.1, 0.15) is 5.15 Å². The molecule has 0 radical (unpaired) electrons. The van der Waals surface area contributed by atoms with Crippen LogP contribution < -0.4 is 5.32 Å². The largest absolute Gasteiger partial charge is 0.357 e. The monoisotopic (exact) mass is 218 g/mol. The molecule has 1 heterocycles. The summed E-state index contributed by atoms with van der Waals surface area (Å²) in [4.78, 5) is 4.15. The van der Waals surface area contributed by atoms with Gasteiger partial charge in [0.2, 0.25) is 0 Å². The first-order valence-electron chi connectivity index (χ1n) is 4.43. The highest BCUT2D eigenvalue weighted by Gasteiger charge is 2.17. The van der Waals surface area contributed by atoms with Crippen LogP contribution in [0.3, 0.4) is 0 Å². The third kappa shape index (κ3) is 3.53. The molecule has 0 aliphatic rings. The van der Waals surface area contributed by atoms with E-state index in [1.165, 1.54) is 6.42 Å². The molecule has 0 atom stereocenters. The van der Waals surface area contributed by atoms with Crippen molar-refractivity contribution in [1.82, 2.24) is 4.98 Å². The van der Waals surface area contributed by atoms with Crippen LogP contribution in [0.1, 0.15) is 33.6 Å². The SMILES string of the molecule is CCCC(C)(C)Nc1nc(Cl)cs1. The minimum Gasteiger partial charge on any atom is -0.357 e. The summed E-state index contributed by atoms with van der Waals surface area (Å²) in [7, 11) is 0. The third-order valence-corrected chi connectivity index (χ3v) is 2.88. The molecule has 0 aliphatic carbocycles. The van der Waals surface area contributed by atoms with E-state index in [1.807, 2.05) is 5.38 Å². The highest BCUT2D eigenvalue weighted by molar-refractivity contribution is 7.14. The average molecular weight is 219 g/mol. The Morgan fingerprint density at radius 3 is 2.77 bits per heavy atom. The molecule has 1 aromatic heterocycles. The Kier molecular flexibility index (Phi) is 3.56. The van der Waals surface area contributed by atoms with Crippen molar-refractivity contribution in [2.24, 2.45) is 0 Å². The van der Waals surface area contributed by atoms with Gasteiger partial charge in [0.05, 0.1) is 0 Å². The zero-order valence-electron chi connectivity index (χ0n) is 8.22. The number of hydrogen-bond acceptors (Lipinski definition) is 3. The van der Waals surface area contributed by atoms with Gasteiger partial charge in [-0.05, 0) is 20.3 Å². The minimum absolute atomic E-state index is 0.107. The fraction of sp³-hybridized carbons (Fsp3) is 0.667. The highest BCUT2D eigenvalue weighted by Crippen LogP contribution is 2.24. The van der Waals surface area contributed by atoms with Crippen LogP contribution in [0.4, 0.5) is 5.13 Å². The van der Waals surface area contributed by atoms with Crippen molar-refractivity contribution in [2.45, 2.75) is 39.2 Å². The maximum atomic E-state index is 5.73. The van der Waals surface area contributed by atoms with Crippen molar-refractivity contribution >= 4 is 28.1 Å². The molecule has 1 N–H and O–H groups in total. The fourth-order valence-electron chi connectivity index (χ4n) is 1.29. The van der Waals surface area contributed by atoms with E-state index < -0.39 is 0 Å². The molecular weight excluding hydrogens is 204 g/mol. The molecule has 1 rings (SSSR count). The van der Waals surface area contributed by atoms with Crippen LogP contribution in [-0.2, 0) is 0 Å². The van der Waals surface area contributed by atoms with Crippen molar-refractivity contribution in [3.05, 3.63) is 10.5 Å². The van der Waals surface area contributed by atoms with Crippen molar-refractivity contribution in [3.63, 3.8) is 0 Å². The molecule has 1 aromatic rings. The van der Waals surface area contributed by atoms with Gasteiger partial charge in [0.25, 0.3) is 0 Å². The Balaban J connectivity index is 2.57. The van der Waals surface area contributed by atoms with E-state index in [0.717, 1.165) is 11.6 Å². The summed E-state index contributed by atoms with van der Waals surface area (Å²) in [5, 5.41) is 6.68. The van der Waals surface area contributed by atoms with Crippen molar-refractivity contribution < 1.29 is 0 Å². The molecule has 0 amide bonds. The lowest BCUT2D eigenvalue weighted by molar-refractivity contribution is 0.510. The van der Waals surface area contributed by atoms with Gasteiger partial charge in [-0.2, -0.15) is 0 Å². The average Bonchev–Trinajstić information content (AvgIpc) is 2.34. The van der Waals surface area contributed by atoms with E-state index >= 15 is 0 Å². The standard InChI is InChI=1S/C9H15ClN2S/c1-4-5-9(2,3)12-8-11-7(10)6-13-8/h6H,4-5H2,1-3H3,(H,11,12). The Labute approximate surface area is 88.3 Å². The lowest BCUT2D eigenvalue weighted by Gasteiger charge is -2.25. The number of nitrogens with zero attached hydrogens (tertiary/aromatic N) is 1. The van der Waals surface area contributed by atoms with Crippen molar-refractivity contribution in [2.75, 3.05) is 5.32 Å². The number of halogens is 1. The van der Waals surface area contributed by atoms with Crippen LogP contribution in [0, 0.1) is 0 Å². The summed E-state index contributed by atoms with van der Waals surface area (Å²) in [6.07, 6.45) is 2.29. The predicted molar refractivity (Wildman–Crippen MR) is 59.7 cm³/mol. The topological polar surface area (TPSA) is 24.9 Å². The number of aromatic nitrogens is 1. The second-order valence-corrected chi connectivity index (χ2v) is 4.98. The van der Waals surface area contributed by atoms with Gasteiger partial charge < -0.3 is 5.32 Å². The molecule has 4 heteroatoms. The number of rotatable bonds is 4. The van der Waals surface area contributed by atoms with Crippen LogP contribution in [0.15, 0.2) is 5.38 Å². The van der Waals surface area contributed by atoms with Gasteiger partial charge in [0.15, 0.2) is 5.13 Å². The third-order valence-electron chi connectivity index (χ3n) is 1.80. The molecule has 0 spiro atoms. The van der Waals surface area contributed by atoms with E-state index in [4.69, 9.17) is 11.6 Å². The van der Waals surface area contributed by atoms with E-state index in [9.17, 15) is 0 Å². The first-order valence-corrected chi connectivity index (χ1v) is 5.68. The number of nitrogens with one attached hydrogen (secondary N) is 1. The number of thiazole rings is 1. The molecule has 0 unspecified atom stereocenters. The minimum atomic E-state index is 0.107. The van der Waals surface area contributed by atoms with Crippen LogP contribution in [0.25, 0.3) is 0 Å². The summed E-state index contributed by atoms with van der Waals surface area (Å²) >= 11 is 7.27. The van der Waals surface area contributed by atoms with Crippen molar-refractivity contribution in [3.8, 4) is 0 Å². The van der Waals surface area contributed by atoms with Crippen LogP contribution in [0.5, 0.6) is 0 Å². The Bertz CT molecular complexity index is 270. The zero-order chi connectivity index (χ0) is 9.90. The van der Waals surface area contributed by atoms with E-state index in [-0.39, 0.29) is 5.54 Å². The maximum absolute atomic E-state index is 5.73.